The molecule has 158 valence electrons. The number of anilines is 1. The van der Waals surface area contributed by atoms with Crippen LogP contribution in [-0.4, -0.2) is 54.2 Å². The van der Waals surface area contributed by atoms with Crippen molar-refractivity contribution in [2.75, 3.05) is 38.4 Å². The molecule has 5 nitrogen and oxygen atoms in total. The molecule has 2 heterocycles. The Labute approximate surface area is 179 Å². The predicted molar refractivity (Wildman–Crippen MR) is 122 cm³/mol. The van der Waals surface area contributed by atoms with Gasteiger partial charge in [-0.05, 0) is 49.6 Å². The Bertz CT molecular complexity index is 880. The molecular weight excluding hydrogens is 372 g/mol. The first-order valence-corrected chi connectivity index (χ1v) is 11.0. The molecule has 0 amide bonds. The summed E-state index contributed by atoms with van der Waals surface area (Å²) in [6.07, 6.45) is 6.51. The molecule has 0 saturated carbocycles. The molecule has 0 spiro atoms. The maximum absolute atomic E-state index is 5.48. The summed E-state index contributed by atoms with van der Waals surface area (Å²) in [6, 6.07) is 23.8. The van der Waals surface area contributed by atoms with Crippen LogP contribution in [-0.2, 0) is 11.2 Å². The monoisotopic (exact) mass is 404 g/mol. The van der Waals surface area contributed by atoms with Gasteiger partial charge in [-0.1, -0.05) is 42.8 Å². The number of nitrogens with zero attached hydrogens (tertiary/aromatic N) is 4. The van der Waals surface area contributed by atoms with E-state index in [0.29, 0.717) is 12.8 Å². The number of hydrogen-bond acceptors (Lipinski definition) is 4. The van der Waals surface area contributed by atoms with E-state index in [-0.39, 0.29) is 0 Å². The summed E-state index contributed by atoms with van der Waals surface area (Å²) in [5.74, 6) is 0. The topological polar surface area (TPSA) is 33.5 Å². The van der Waals surface area contributed by atoms with Crippen molar-refractivity contribution < 1.29 is 4.74 Å². The molecule has 2 aromatic carbocycles. The second-order valence-corrected chi connectivity index (χ2v) is 7.98. The Morgan fingerprint density at radius 3 is 2.37 bits per heavy atom. The molecule has 3 aromatic rings. The van der Waals surface area contributed by atoms with Crippen LogP contribution in [0.5, 0.6) is 0 Å². The van der Waals surface area contributed by atoms with Crippen molar-refractivity contribution in [3.63, 3.8) is 0 Å². The van der Waals surface area contributed by atoms with E-state index >= 15 is 0 Å². The highest BCUT2D eigenvalue weighted by Crippen LogP contribution is 2.22. The van der Waals surface area contributed by atoms with Crippen molar-refractivity contribution in [2.45, 2.75) is 31.7 Å². The Balaban J connectivity index is 1.32. The van der Waals surface area contributed by atoms with Gasteiger partial charge in [0.25, 0.3) is 0 Å². The van der Waals surface area contributed by atoms with Crippen molar-refractivity contribution >= 4 is 5.69 Å². The van der Waals surface area contributed by atoms with Crippen molar-refractivity contribution in [1.29, 1.82) is 0 Å². The van der Waals surface area contributed by atoms with Crippen LogP contribution in [0.1, 0.15) is 25.0 Å². The van der Waals surface area contributed by atoms with Gasteiger partial charge in [-0.15, -0.1) is 0 Å². The van der Waals surface area contributed by atoms with Gasteiger partial charge in [0.05, 0.1) is 12.4 Å². The lowest BCUT2D eigenvalue weighted by Gasteiger charge is -2.42. The first-order chi connectivity index (χ1) is 14.8. The molecule has 0 radical (unpaired) electrons. The third-order valence-electron chi connectivity index (χ3n) is 5.96. The largest absolute Gasteiger partial charge is 0.369 e. The minimum atomic E-state index is 0.526. The van der Waals surface area contributed by atoms with Gasteiger partial charge in [0.2, 0.25) is 0 Å². The van der Waals surface area contributed by atoms with Crippen LogP contribution in [0.15, 0.2) is 72.9 Å². The molecular formula is C25H32N4O. The molecule has 1 atom stereocenters. The van der Waals surface area contributed by atoms with Gasteiger partial charge in [-0.2, -0.15) is 5.10 Å². The summed E-state index contributed by atoms with van der Waals surface area (Å²) >= 11 is 0. The first-order valence-electron chi connectivity index (χ1n) is 11.0. The molecule has 0 bridgehead atoms. The van der Waals surface area contributed by atoms with E-state index in [1.807, 2.05) is 12.3 Å². The van der Waals surface area contributed by atoms with Gasteiger partial charge in [0, 0.05) is 50.4 Å². The highest BCUT2D eigenvalue weighted by Gasteiger charge is 2.26. The summed E-state index contributed by atoms with van der Waals surface area (Å²) in [6.45, 7) is 3.89. The van der Waals surface area contributed by atoms with E-state index in [2.05, 4.69) is 80.2 Å². The van der Waals surface area contributed by atoms with Crippen LogP contribution in [0, 0.1) is 0 Å². The smallest absolute Gasteiger partial charge is 0.0990 e. The Hall–Kier alpha value is -2.63. The van der Waals surface area contributed by atoms with Crippen molar-refractivity contribution in [2.24, 2.45) is 0 Å². The summed E-state index contributed by atoms with van der Waals surface area (Å²) in [4.78, 5) is 5.01. The lowest BCUT2D eigenvalue weighted by Crippen LogP contribution is -2.53. The van der Waals surface area contributed by atoms with Crippen LogP contribution >= 0.6 is 0 Å². The minimum absolute atomic E-state index is 0.526. The summed E-state index contributed by atoms with van der Waals surface area (Å²) in [5, 5.41) is 4.52. The highest BCUT2D eigenvalue weighted by atomic mass is 16.5. The third kappa shape index (κ3) is 5.10. The quantitative estimate of drug-likeness (QED) is 0.496. The van der Waals surface area contributed by atoms with Crippen molar-refractivity contribution in [3.05, 3.63) is 78.6 Å². The summed E-state index contributed by atoms with van der Waals surface area (Å²) in [5.41, 5.74) is 3.74. The number of aryl methyl sites for hydroxylation is 1. The van der Waals surface area contributed by atoms with E-state index in [9.17, 15) is 0 Å². The number of unbranched alkanes of at least 4 members (excludes halogenated alkanes) is 1. The number of benzene rings is 2. The van der Waals surface area contributed by atoms with E-state index in [0.717, 1.165) is 31.7 Å². The van der Waals surface area contributed by atoms with Gasteiger partial charge < -0.3 is 9.64 Å². The zero-order valence-corrected chi connectivity index (χ0v) is 17.9. The predicted octanol–water partition coefficient (Wildman–Crippen LogP) is 4.38. The molecule has 0 N–H and O–H groups in total. The average Bonchev–Trinajstić information content (AvgIpc) is 3.27. The van der Waals surface area contributed by atoms with Crippen LogP contribution in [0.25, 0.3) is 5.69 Å². The maximum Gasteiger partial charge on any atom is 0.0990 e. The maximum atomic E-state index is 5.48. The van der Waals surface area contributed by atoms with Crippen LogP contribution < -0.4 is 4.90 Å². The minimum Gasteiger partial charge on any atom is -0.369 e. The number of ether oxygens (including phenoxy) is 1. The van der Waals surface area contributed by atoms with E-state index in [4.69, 9.17) is 4.74 Å². The molecule has 1 unspecified atom stereocenters. The van der Waals surface area contributed by atoms with Crippen molar-refractivity contribution in [3.8, 4) is 5.69 Å². The summed E-state index contributed by atoms with van der Waals surface area (Å²) in [7, 11) is 1.80. The fourth-order valence-electron chi connectivity index (χ4n) is 4.38. The van der Waals surface area contributed by atoms with Gasteiger partial charge in [0.15, 0.2) is 0 Å². The molecule has 30 heavy (non-hydrogen) atoms. The molecule has 1 aliphatic rings. The fraction of sp³-hybridized carbons (Fsp3) is 0.400. The normalized spacial score (nSPS) is 17.4. The molecule has 1 aromatic heterocycles. The molecule has 4 rings (SSSR count). The van der Waals surface area contributed by atoms with Crippen LogP contribution in [0.4, 0.5) is 5.69 Å². The van der Waals surface area contributed by atoms with E-state index in [1.54, 1.807) is 7.11 Å². The number of rotatable bonds is 9. The average molecular weight is 405 g/mol. The Kier molecular flexibility index (Phi) is 7.16. The summed E-state index contributed by atoms with van der Waals surface area (Å²) < 4.78 is 7.54. The van der Waals surface area contributed by atoms with Gasteiger partial charge in [-0.3, -0.25) is 4.90 Å². The molecule has 1 aliphatic heterocycles. The van der Waals surface area contributed by atoms with Gasteiger partial charge >= 0.3 is 0 Å². The number of methoxy groups -OCH3 is 1. The van der Waals surface area contributed by atoms with Crippen LogP contribution in [0.2, 0.25) is 0 Å². The Morgan fingerprint density at radius 1 is 0.900 bits per heavy atom. The third-order valence-corrected chi connectivity index (χ3v) is 5.96. The zero-order chi connectivity index (χ0) is 20.6. The number of hydrogen-bond donors (Lipinski definition) is 0. The van der Waals surface area contributed by atoms with E-state index < -0.39 is 0 Å². The lowest BCUT2D eigenvalue weighted by atomic mass is 10.0. The van der Waals surface area contributed by atoms with Crippen molar-refractivity contribution in [1.82, 2.24) is 14.7 Å². The SMILES string of the molecule is COCN1CCN(c2ccccc2)CC1CCCCc1ccnn1-c1ccccc1. The standard InChI is InChI=1S/C25H32N4O/c1-30-21-28-19-18-27(22-10-4-2-5-11-22)20-25(28)15-9-8-14-24-16-17-26-29(24)23-12-6-3-7-13-23/h2-7,10-13,16-17,25H,8-9,14-15,18-21H2,1H3. The highest BCUT2D eigenvalue weighted by molar-refractivity contribution is 5.46. The fourth-order valence-corrected chi connectivity index (χ4v) is 4.38. The number of piperazine rings is 1. The molecule has 1 saturated heterocycles. The lowest BCUT2D eigenvalue weighted by molar-refractivity contribution is 0.0236. The molecule has 5 heteroatoms. The first kappa shape index (κ1) is 20.6. The number of para-hydroxylation sites is 2. The second-order valence-electron chi connectivity index (χ2n) is 7.98. The second kappa shape index (κ2) is 10.4. The van der Waals surface area contributed by atoms with E-state index in [1.165, 1.54) is 30.6 Å². The molecule has 0 aliphatic carbocycles. The van der Waals surface area contributed by atoms with Gasteiger partial charge in [0.1, 0.15) is 0 Å². The molecule has 1 fully saturated rings. The number of aromatic nitrogens is 2. The zero-order valence-electron chi connectivity index (χ0n) is 17.9. The van der Waals surface area contributed by atoms with Gasteiger partial charge in [-0.25, -0.2) is 4.68 Å². The Morgan fingerprint density at radius 2 is 1.63 bits per heavy atom. The van der Waals surface area contributed by atoms with Crippen LogP contribution in [0.3, 0.4) is 0 Å².